The monoisotopic (exact) mass is 256 g/mol. The number of nitrogens with zero attached hydrogens (tertiary/aromatic N) is 2. The minimum atomic E-state index is -0.792. The molecule has 1 aromatic carbocycles. The molecule has 0 aliphatic heterocycles. The molecule has 0 radical (unpaired) electrons. The number of rotatable bonds is 4. The first-order valence-electron chi connectivity index (χ1n) is 4.64. The average Bonchev–Trinajstić information content (AvgIpc) is 2.60. The molecular weight excluding hydrogens is 248 g/mol. The molecule has 2 rings (SSSR count). The van der Waals surface area contributed by atoms with Crippen LogP contribution in [0.3, 0.4) is 0 Å². The van der Waals surface area contributed by atoms with Crippen molar-refractivity contribution in [1.29, 1.82) is 0 Å². The normalized spacial score (nSPS) is 10.8. The lowest BCUT2D eigenvalue weighted by molar-refractivity contribution is -0.136. The molecular formula is C10H9ClN2O2S. The summed E-state index contributed by atoms with van der Waals surface area (Å²) in [6, 6.07) is 5.45. The Kier molecular flexibility index (Phi) is 3.36. The molecule has 0 saturated carbocycles. The number of benzene rings is 1. The fraction of sp³-hybridized carbons (Fsp3) is 0.200. The molecule has 0 atom stereocenters. The second-order valence-corrected chi connectivity index (χ2v) is 4.68. The van der Waals surface area contributed by atoms with E-state index in [0.29, 0.717) is 10.8 Å². The van der Waals surface area contributed by atoms with E-state index in [1.54, 1.807) is 18.5 Å². The number of carboxylic acids is 1. The van der Waals surface area contributed by atoms with Gasteiger partial charge in [-0.05, 0) is 30.1 Å². The van der Waals surface area contributed by atoms with Gasteiger partial charge in [-0.3, -0.25) is 8.77 Å². The van der Waals surface area contributed by atoms with E-state index in [4.69, 9.17) is 16.7 Å². The first-order valence-corrected chi connectivity index (χ1v) is 5.96. The Hall–Kier alpha value is -1.20. The summed E-state index contributed by atoms with van der Waals surface area (Å²) in [6.07, 6.45) is 1.81. The molecule has 0 saturated heterocycles. The maximum absolute atomic E-state index is 10.4. The van der Waals surface area contributed by atoms with Gasteiger partial charge in [-0.25, -0.2) is 4.98 Å². The molecule has 1 heterocycles. The highest BCUT2D eigenvalue weighted by Gasteiger charge is 2.04. The molecule has 0 amide bonds. The predicted octanol–water partition coefficient (Wildman–Crippen LogP) is 2.66. The van der Waals surface area contributed by atoms with E-state index >= 15 is 0 Å². The summed E-state index contributed by atoms with van der Waals surface area (Å²) in [5.74, 6) is -0.274. The van der Waals surface area contributed by atoms with Gasteiger partial charge in [-0.1, -0.05) is 11.6 Å². The van der Waals surface area contributed by atoms with Gasteiger partial charge < -0.3 is 5.11 Å². The predicted molar refractivity (Wildman–Crippen MR) is 64.9 cm³/mol. The fourth-order valence-corrected chi connectivity index (χ4v) is 2.33. The topological polar surface area (TPSA) is 55.1 Å². The van der Waals surface area contributed by atoms with Gasteiger partial charge in [-0.2, -0.15) is 0 Å². The second-order valence-electron chi connectivity index (χ2n) is 3.18. The van der Waals surface area contributed by atoms with Crippen LogP contribution in [-0.4, -0.2) is 25.8 Å². The summed E-state index contributed by atoms with van der Waals surface area (Å²) in [7, 11) is 0. The molecule has 1 N–H and O–H groups in total. The zero-order chi connectivity index (χ0) is 11.5. The summed E-state index contributed by atoms with van der Waals surface area (Å²) < 4.78 is 1.86. The number of halogens is 1. The third kappa shape index (κ3) is 2.48. The summed E-state index contributed by atoms with van der Waals surface area (Å²) in [5.41, 5.74) is 1.76. The number of hydrogen-bond acceptors (Lipinski definition) is 3. The Morgan fingerprint density at radius 3 is 3.12 bits per heavy atom. The van der Waals surface area contributed by atoms with E-state index in [0.717, 1.165) is 11.0 Å². The zero-order valence-corrected chi connectivity index (χ0v) is 9.83. The van der Waals surface area contributed by atoms with Crippen molar-refractivity contribution in [1.82, 2.24) is 8.96 Å². The summed E-state index contributed by atoms with van der Waals surface area (Å²) in [6.45, 7) is 0. The maximum atomic E-state index is 10.4. The van der Waals surface area contributed by atoms with Gasteiger partial charge in [0, 0.05) is 10.8 Å². The van der Waals surface area contributed by atoms with Crippen LogP contribution in [0.4, 0.5) is 0 Å². The molecule has 84 valence electrons. The van der Waals surface area contributed by atoms with Crippen LogP contribution in [0.25, 0.3) is 11.0 Å². The standard InChI is InChI=1S/C10H9ClN2O2S/c11-7-1-2-9-8(5-7)12-6-13(9)16-4-3-10(14)15/h1-2,5-6H,3-4H2,(H,14,15). The zero-order valence-electron chi connectivity index (χ0n) is 8.26. The van der Waals surface area contributed by atoms with E-state index in [2.05, 4.69) is 4.98 Å². The highest BCUT2D eigenvalue weighted by Crippen LogP contribution is 2.21. The van der Waals surface area contributed by atoms with Gasteiger partial charge in [0.25, 0.3) is 0 Å². The number of aromatic nitrogens is 2. The van der Waals surface area contributed by atoms with Crippen molar-refractivity contribution in [2.75, 3.05) is 5.75 Å². The minimum absolute atomic E-state index is 0.137. The van der Waals surface area contributed by atoms with E-state index in [-0.39, 0.29) is 6.42 Å². The molecule has 2 aromatic rings. The van der Waals surface area contributed by atoms with Crippen LogP contribution >= 0.6 is 23.5 Å². The molecule has 0 bridgehead atoms. The van der Waals surface area contributed by atoms with Crippen LogP contribution in [-0.2, 0) is 4.79 Å². The van der Waals surface area contributed by atoms with Gasteiger partial charge in [0.1, 0.15) is 6.33 Å². The number of hydrogen-bond donors (Lipinski definition) is 1. The van der Waals surface area contributed by atoms with Crippen LogP contribution in [0.1, 0.15) is 6.42 Å². The highest BCUT2D eigenvalue weighted by atomic mass is 35.5. The first-order chi connectivity index (χ1) is 7.66. The summed E-state index contributed by atoms with van der Waals surface area (Å²) >= 11 is 7.26. The van der Waals surface area contributed by atoms with Gasteiger partial charge in [0.2, 0.25) is 0 Å². The Labute approximate surface area is 101 Å². The molecule has 0 aliphatic rings. The number of imidazole rings is 1. The molecule has 0 spiro atoms. The van der Waals surface area contributed by atoms with Crippen LogP contribution in [0.15, 0.2) is 24.5 Å². The maximum Gasteiger partial charge on any atom is 0.304 e. The largest absolute Gasteiger partial charge is 0.481 e. The highest BCUT2D eigenvalue weighted by molar-refractivity contribution is 7.98. The third-order valence-corrected chi connectivity index (χ3v) is 3.21. The summed E-state index contributed by atoms with van der Waals surface area (Å²) in [4.78, 5) is 14.6. The van der Waals surface area contributed by atoms with Crippen molar-refractivity contribution in [3.05, 3.63) is 29.5 Å². The van der Waals surface area contributed by atoms with E-state index in [1.807, 2.05) is 10.0 Å². The smallest absolute Gasteiger partial charge is 0.304 e. The Balaban J connectivity index is 2.15. The molecule has 16 heavy (non-hydrogen) atoms. The molecule has 0 aliphatic carbocycles. The Morgan fingerprint density at radius 1 is 1.56 bits per heavy atom. The Bertz CT molecular complexity index is 527. The van der Waals surface area contributed by atoms with E-state index in [9.17, 15) is 4.79 Å². The van der Waals surface area contributed by atoms with Crippen LogP contribution < -0.4 is 0 Å². The quantitative estimate of drug-likeness (QED) is 0.914. The average molecular weight is 257 g/mol. The summed E-state index contributed by atoms with van der Waals surface area (Å²) in [5, 5.41) is 9.18. The lowest BCUT2D eigenvalue weighted by atomic mass is 10.3. The van der Waals surface area contributed by atoms with Crippen LogP contribution in [0, 0.1) is 0 Å². The number of aliphatic carboxylic acids is 1. The van der Waals surface area contributed by atoms with E-state index in [1.165, 1.54) is 11.9 Å². The fourth-order valence-electron chi connectivity index (χ4n) is 1.30. The van der Waals surface area contributed by atoms with Crippen LogP contribution in [0.2, 0.25) is 5.02 Å². The van der Waals surface area contributed by atoms with Gasteiger partial charge in [0.05, 0.1) is 17.5 Å². The number of carbonyl (C=O) groups is 1. The van der Waals surface area contributed by atoms with Gasteiger partial charge in [0.15, 0.2) is 0 Å². The second kappa shape index (κ2) is 4.76. The van der Waals surface area contributed by atoms with Crippen molar-refractivity contribution in [2.45, 2.75) is 6.42 Å². The van der Waals surface area contributed by atoms with Gasteiger partial charge in [-0.15, -0.1) is 0 Å². The van der Waals surface area contributed by atoms with Crippen LogP contribution in [0.5, 0.6) is 0 Å². The van der Waals surface area contributed by atoms with Crippen molar-refractivity contribution in [3.8, 4) is 0 Å². The molecule has 4 nitrogen and oxygen atoms in total. The number of fused-ring (bicyclic) bond motifs is 1. The minimum Gasteiger partial charge on any atom is -0.481 e. The van der Waals surface area contributed by atoms with Crippen molar-refractivity contribution in [2.24, 2.45) is 0 Å². The van der Waals surface area contributed by atoms with Crippen molar-refractivity contribution < 1.29 is 9.90 Å². The van der Waals surface area contributed by atoms with E-state index < -0.39 is 5.97 Å². The first kappa shape index (κ1) is 11.3. The Morgan fingerprint density at radius 2 is 2.38 bits per heavy atom. The lowest BCUT2D eigenvalue weighted by Gasteiger charge is -2.01. The molecule has 1 aromatic heterocycles. The molecule has 0 fully saturated rings. The van der Waals surface area contributed by atoms with Crippen molar-refractivity contribution >= 4 is 40.6 Å². The van der Waals surface area contributed by atoms with Gasteiger partial charge >= 0.3 is 5.97 Å². The molecule has 6 heteroatoms. The third-order valence-electron chi connectivity index (χ3n) is 2.02. The van der Waals surface area contributed by atoms with Crippen molar-refractivity contribution in [3.63, 3.8) is 0 Å². The lowest BCUT2D eigenvalue weighted by Crippen LogP contribution is -1.97. The number of carboxylic acid groups (broad SMARTS) is 1. The molecule has 0 unspecified atom stereocenters. The SMILES string of the molecule is O=C(O)CCSn1cnc2cc(Cl)ccc21.